The second kappa shape index (κ2) is 5.03. The standard InChI is InChI=1S/C12H16BrFN2O2S/c1-12(4-2-3-5-12)16-19(17,18)11-7-10(15)8(13)6-9(11)14/h6-7,16H,2-5,15H2,1H3. The van der Waals surface area contributed by atoms with E-state index in [2.05, 4.69) is 20.7 Å². The molecule has 0 atom stereocenters. The number of sulfonamides is 1. The Balaban J connectivity index is 2.37. The van der Waals surface area contributed by atoms with Gasteiger partial charge in [-0.1, -0.05) is 12.8 Å². The number of hydrogen-bond donors (Lipinski definition) is 2. The Morgan fingerprint density at radius 3 is 2.53 bits per heavy atom. The monoisotopic (exact) mass is 350 g/mol. The fourth-order valence-electron chi connectivity index (χ4n) is 2.39. The maximum Gasteiger partial charge on any atom is 0.244 e. The summed E-state index contributed by atoms with van der Waals surface area (Å²) in [5.41, 5.74) is 5.32. The number of nitrogens with one attached hydrogen (secondary N) is 1. The lowest BCUT2D eigenvalue weighted by atomic mass is 10.0. The van der Waals surface area contributed by atoms with Crippen molar-refractivity contribution >= 4 is 31.6 Å². The molecule has 0 bridgehead atoms. The minimum atomic E-state index is -3.90. The van der Waals surface area contributed by atoms with Gasteiger partial charge >= 0.3 is 0 Å². The largest absolute Gasteiger partial charge is 0.398 e. The summed E-state index contributed by atoms with van der Waals surface area (Å²) in [7, 11) is -3.90. The molecule has 1 aliphatic rings. The number of nitrogen functional groups attached to an aromatic ring is 1. The minimum Gasteiger partial charge on any atom is -0.398 e. The van der Waals surface area contributed by atoms with Crippen molar-refractivity contribution in [2.75, 3.05) is 5.73 Å². The molecule has 1 aliphatic carbocycles. The molecule has 3 N–H and O–H groups in total. The molecule has 0 amide bonds. The zero-order chi connectivity index (χ0) is 14.3. The Bertz CT molecular complexity index is 598. The maximum atomic E-state index is 13.8. The van der Waals surface area contributed by atoms with E-state index in [9.17, 15) is 12.8 Å². The van der Waals surface area contributed by atoms with Crippen molar-refractivity contribution in [2.45, 2.75) is 43.0 Å². The summed E-state index contributed by atoms with van der Waals surface area (Å²) in [6, 6.07) is 2.21. The molecule has 0 spiro atoms. The summed E-state index contributed by atoms with van der Waals surface area (Å²) in [5, 5.41) is 0. The number of rotatable bonds is 3. The average molecular weight is 351 g/mol. The predicted octanol–water partition coefficient (Wildman–Crippen LogP) is 2.78. The van der Waals surface area contributed by atoms with Crippen molar-refractivity contribution in [3.63, 3.8) is 0 Å². The minimum absolute atomic E-state index is 0.193. The summed E-state index contributed by atoms with van der Waals surface area (Å²) in [6.07, 6.45) is 3.48. The Labute approximate surface area is 120 Å². The number of hydrogen-bond acceptors (Lipinski definition) is 3. The predicted molar refractivity (Wildman–Crippen MR) is 75.7 cm³/mol. The van der Waals surface area contributed by atoms with Gasteiger partial charge in [-0.3, -0.25) is 0 Å². The van der Waals surface area contributed by atoms with Gasteiger partial charge in [0.15, 0.2) is 0 Å². The Morgan fingerprint density at radius 1 is 1.37 bits per heavy atom. The molecular weight excluding hydrogens is 335 g/mol. The van der Waals surface area contributed by atoms with Gasteiger partial charge in [0.2, 0.25) is 10.0 Å². The van der Waals surface area contributed by atoms with E-state index in [4.69, 9.17) is 5.73 Å². The molecule has 0 unspecified atom stereocenters. The maximum absolute atomic E-state index is 13.8. The molecular formula is C12H16BrFN2O2S. The fraction of sp³-hybridized carbons (Fsp3) is 0.500. The number of nitrogens with two attached hydrogens (primary N) is 1. The van der Waals surface area contributed by atoms with Crippen LogP contribution in [0, 0.1) is 5.82 Å². The second-order valence-electron chi connectivity index (χ2n) is 5.18. The number of benzene rings is 1. The van der Waals surface area contributed by atoms with Crippen LogP contribution in [0.2, 0.25) is 0 Å². The van der Waals surface area contributed by atoms with Crippen LogP contribution in [0.3, 0.4) is 0 Å². The van der Waals surface area contributed by atoms with E-state index in [-0.39, 0.29) is 5.69 Å². The molecule has 0 aromatic heterocycles. The first-order valence-electron chi connectivity index (χ1n) is 6.02. The van der Waals surface area contributed by atoms with Crippen LogP contribution in [0.25, 0.3) is 0 Å². The van der Waals surface area contributed by atoms with Crippen molar-refractivity contribution in [3.05, 3.63) is 22.4 Å². The van der Waals surface area contributed by atoms with Crippen LogP contribution in [-0.4, -0.2) is 14.0 Å². The van der Waals surface area contributed by atoms with Crippen LogP contribution >= 0.6 is 15.9 Å². The van der Waals surface area contributed by atoms with E-state index in [0.29, 0.717) is 4.47 Å². The lowest BCUT2D eigenvalue weighted by molar-refractivity contribution is 0.425. The molecule has 1 aromatic carbocycles. The van der Waals surface area contributed by atoms with E-state index in [1.807, 2.05) is 6.92 Å². The highest BCUT2D eigenvalue weighted by molar-refractivity contribution is 9.10. The van der Waals surface area contributed by atoms with Crippen molar-refractivity contribution < 1.29 is 12.8 Å². The molecule has 1 fully saturated rings. The summed E-state index contributed by atoms with van der Waals surface area (Å²) in [6.45, 7) is 1.84. The molecule has 0 aliphatic heterocycles. The highest BCUT2D eigenvalue weighted by atomic mass is 79.9. The highest BCUT2D eigenvalue weighted by Gasteiger charge is 2.34. The van der Waals surface area contributed by atoms with E-state index in [1.165, 1.54) is 0 Å². The Morgan fingerprint density at radius 2 is 1.95 bits per heavy atom. The van der Waals surface area contributed by atoms with Crippen LogP contribution in [0.4, 0.5) is 10.1 Å². The molecule has 2 rings (SSSR count). The first-order chi connectivity index (χ1) is 8.73. The Kier molecular flexibility index (Phi) is 3.90. The molecule has 106 valence electrons. The van der Waals surface area contributed by atoms with E-state index in [0.717, 1.165) is 37.8 Å². The van der Waals surface area contributed by atoms with Gasteiger partial charge in [0.25, 0.3) is 0 Å². The molecule has 19 heavy (non-hydrogen) atoms. The van der Waals surface area contributed by atoms with E-state index < -0.39 is 26.3 Å². The van der Waals surface area contributed by atoms with Crippen LogP contribution in [0.1, 0.15) is 32.6 Å². The zero-order valence-electron chi connectivity index (χ0n) is 10.5. The molecule has 1 aromatic rings. The van der Waals surface area contributed by atoms with Gasteiger partial charge in [-0.25, -0.2) is 17.5 Å². The van der Waals surface area contributed by atoms with Gasteiger partial charge in [0.1, 0.15) is 10.7 Å². The first-order valence-corrected chi connectivity index (χ1v) is 8.30. The third kappa shape index (κ3) is 3.09. The quantitative estimate of drug-likeness (QED) is 0.823. The summed E-state index contributed by atoms with van der Waals surface area (Å²) in [5.74, 6) is -0.810. The number of anilines is 1. The molecule has 1 saturated carbocycles. The SMILES string of the molecule is CC1(NS(=O)(=O)c2cc(N)c(Br)cc2F)CCCC1. The van der Waals surface area contributed by atoms with Crippen molar-refractivity contribution in [3.8, 4) is 0 Å². The van der Waals surface area contributed by atoms with Gasteiger partial charge in [-0.05, 0) is 47.8 Å². The lowest BCUT2D eigenvalue weighted by Crippen LogP contribution is -2.43. The van der Waals surface area contributed by atoms with Crippen LogP contribution in [0.15, 0.2) is 21.5 Å². The summed E-state index contributed by atoms with van der Waals surface area (Å²) < 4.78 is 41.3. The van der Waals surface area contributed by atoms with Gasteiger partial charge < -0.3 is 5.73 Å². The molecule has 0 saturated heterocycles. The molecule has 7 heteroatoms. The molecule has 0 heterocycles. The summed E-state index contributed by atoms with van der Waals surface area (Å²) in [4.78, 5) is -0.402. The second-order valence-corrected chi connectivity index (χ2v) is 7.68. The average Bonchev–Trinajstić information content (AvgIpc) is 2.68. The van der Waals surface area contributed by atoms with Crippen LogP contribution in [-0.2, 0) is 10.0 Å². The third-order valence-corrected chi connectivity index (χ3v) is 5.77. The first kappa shape index (κ1) is 14.7. The van der Waals surface area contributed by atoms with Crippen LogP contribution in [0.5, 0.6) is 0 Å². The van der Waals surface area contributed by atoms with Gasteiger partial charge in [-0.15, -0.1) is 0 Å². The van der Waals surface area contributed by atoms with Crippen LogP contribution < -0.4 is 10.5 Å². The topological polar surface area (TPSA) is 72.2 Å². The van der Waals surface area contributed by atoms with Crippen molar-refractivity contribution in [1.82, 2.24) is 4.72 Å². The smallest absolute Gasteiger partial charge is 0.244 e. The normalized spacial score (nSPS) is 18.7. The van der Waals surface area contributed by atoms with Gasteiger partial charge in [0.05, 0.1) is 0 Å². The van der Waals surface area contributed by atoms with Gasteiger partial charge in [-0.2, -0.15) is 0 Å². The fourth-order valence-corrected chi connectivity index (χ4v) is 4.26. The Hall–Kier alpha value is -0.660. The molecule has 4 nitrogen and oxygen atoms in total. The highest BCUT2D eigenvalue weighted by Crippen LogP contribution is 2.32. The summed E-state index contributed by atoms with van der Waals surface area (Å²) >= 11 is 3.07. The van der Waals surface area contributed by atoms with E-state index in [1.54, 1.807) is 0 Å². The van der Waals surface area contributed by atoms with E-state index >= 15 is 0 Å². The zero-order valence-corrected chi connectivity index (χ0v) is 12.9. The lowest BCUT2D eigenvalue weighted by Gasteiger charge is -2.25. The van der Waals surface area contributed by atoms with Gasteiger partial charge in [0, 0.05) is 15.7 Å². The molecule has 0 radical (unpaired) electrons. The van der Waals surface area contributed by atoms with Crippen molar-refractivity contribution in [1.29, 1.82) is 0 Å². The number of halogens is 2. The van der Waals surface area contributed by atoms with Crippen molar-refractivity contribution in [2.24, 2.45) is 0 Å². The third-order valence-electron chi connectivity index (χ3n) is 3.43.